The minimum atomic E-state index is -3.41. The Morgan fingerprint density at radius 1 is 1.55 bits per heavy atom. The van der Waals surface area contributed by atoms with E-state index in [0.29, 0.717) is 24.5 Å². The van der Waals surface area contributed by atoms with Crippen molar-refractivity contribution in [3.63, 3.8) is 0 Å². The van der Waals surface area contributed by atoms with Gasteiger partial charge < -0.3 is 10.1 Å². The molecule has 1 atom stereocenters. The van der Waals surface area contributed by atoms with Crippen molar-refractivity contribution < 1.29 is 13.2 Å². The van der Waals surface area contributed by atoms with Gasteiger partial charge in [-0.2, -0.15) is 4.31 Å². The van der Waals surface area contributed by atoms with E-state index in [-0.39, 0.29) is 6.10 Å². The molecule has 0 aliphatic carbocycles. The second-order valence-corrected chi connectivity index (χ2v) is 7.80. The lowest BCUT2D eigenvalue weighted by Crippen LogP contribution is -2.31. The third-order valence-corrected chi connectivity index (χ3v) is 6.89. The topological polar surface area (TPSA) is 58.6 Å². The summed E-state index contributed by atoms with van der Waals surface area (Å²) >= 11 is 1.51. The van der Waals surface area contributed by atoms with Gasteiger partial charge in [0.15, 0.2) is 0 Å². The number of nitrogens with zero attached hydrogens (tertiary/aromatic N) is 1. The van der Waals surface area contributed by atoms with Gasteiger partial charge in [0.2, 0.25) is 10.0 Å². The number of methoxy groups -OCH3 is 1. The van der Waals surface area contributed by atoms with E-state index in [1.165, 1.54) is 11.3 Å². The molecular weight excluding hydrogens is 296 g/mol. The highest BCUT2D eigenvalue weighted by Crippen LogP contribution is 2.31. The third-order valence-electron chi connectivity index (χ3n) is 3.56. The molecule has 1 aromatic rings. The normalized spacial score (nSPS) is 20.6. The summed E-state index contributed by atoms with van der Waals surface area (Å²) in [5.74, 6) is 0. The minimum Gasteiger partial charge on any atom is -0.380 e. The van der Waals surface area contributed by atoms with Crippen LogP contribution in [0.5, 0.6) is 0 Å². The number of ether oxygens (including phenoxy) is 1. The van der Waals surface area contributed by atoms with Crippen LogP contribution in [0.3, 0.4) is 0 Å². The lowest BCUT2D eigenvalue weighted by atomic mass is 10.3. The summed E-state index contributed by atoms with van der Waals surface area (Å²) in [4.78, 5) is 1.38. The highest BCUT2D eigenvalue weighted by atomic mass is 32.2. The van der Waals surface area contributed by atoms with Gasteiger partial charge in [0.25, 0.3) is 0 Å². The van der Waals surface area contributed by atoms with Crippen molar-refractivity contribution in [2.24, 2.45) is 0 Å². The highest BCUT2D eigenvalue weighted by molar-refractivity contribution is 7.89. The number of hydrogen-bond donors (Lipinski definition) is 1. The van der Waals surface area contributed by atoms with E-state index in [1.807, 2.05) is 19.2 Å². The Balaban J connectivity index is 2.27. The Morgan fingerprint density at radius 3 is 2.90 bits per heavy atom. The van der Waals surface area contributed by atoms with E-state index in [9.17, 15) is 8.42 Å². The molecular formula is C13H22N2O3S2. The summed E-state index contributed by atoms with van der Waals surface area (Å²) < 4.78 is 32.4. The molecule has 114 valence electrons. The number of sulfonamides is 1. The summed E-state index contributed by atoms with van der Waals surface area (Å²) in [7, 11) is -1.77. The molecule has 0 radical (unpaired) electrons. The molecule has 1 N–H and O–H groups in total. The van der Waals surface area contributed by atoms with E-state index in [0.717, 1.165) is 23.4 Å². The smallest absolute Gasteiger partial charge is 0.244 e. The molecule has 1 aliphatic heterocycles. The number of nitrogens with one attached hydrogen (secondary N) is 1. The average Bonchev–Trinajstić information content (AvgIpc) is 3.03. The first-order chi connectivity index (χ1) is 9.50. The van der Waals surface area contributed by atoms with Crippen LogP contribution in [0.25, 0.3) is 0 Å². The summed E-state index contributed by atoms with van der Waals surface area (Å²) in [6.45, 7) is 6.30. The van der Waals surface area contributed by atoms with E-state index >= 15 is 0 Å². The van der Waals surface area contributed by atoms with Gasteiger partial charge in [0.05, 0.1) is 6.10 Å². The fourth-order valence-electron chi connectivity index (χ4n) is 2.43. The Hall–Kier alpha value is -0.470. The van der Waals surface area contributed by atoms with Crippen molar-refractivity contribution in [2.75, 3.05) is 26.7 Å². The second kappa shape index (κ2) is 6.53. The predicted molar refractivity (Wildman–Crippen MR) is 80.6 cm³/mol. The van der Waals surface area contributed by atoms with Gasteiger partial charge >= 0.3 is 0 Å². The molecule has 0 saturated carbocycles. The Labute approximate surface area is 125 Å². The van der Waals surface area contributed by atoms with Crippen LogP contribution in [0.1, 0.15) is 23.8 Å². The summed E-state index contributed by atoms with van der Waals surface area (Å²) in [5, 5.41) is 5.12. The molecule has 2 heterocycles. The average molecular weight is 318 g/mol. The van der Waals surface area contributed by atoms with Crippen molar-refractivity contribution in [1.29, 1.82) is 0 Å². The van der Waals surface area contributed by atoms with E-state index in [4.69, 9.17) is 4.74 Å². The van der Waals surface area contributed by atoms with Gasteiger partial charge in [-0.1, -0.05) is 6.92 Å². The molecule has 20 heavy (non-hydrogen) atoms. The Bertz CT molecular complexity index is 554. The van der Waals surface area contributed by atoms with Crippen molar-refractivity contribution >= 4 is 21.4 Å². The van der Waals surface area contributed by atoms with Gasteiger partial charge in [-0.05, 0) is 30.8 Å². The predicted octanol–water partition coefficient (Wildman–Crippen LogP) is 1.58. The number of thiophene rings is 1. The van der Waals surface area contributed by atoms with Crippen LogP contribution >= 0.6 is 11.3 Å². The van der Waals surface area contributed by atoms with Crippen LogP contribution in [0.4, 0.5) is 0 Å². The first-order valence-electron chi connectivity index (χ1n) is 6.81. The highest BCUT2D eigenvalue weighted by Gasteiger charge is 2.35. The fraction of sp³-hybridized carbons (Fsp3) is 0.692. The van der Waals surface area contributed by atoms with Crippen LogP contribution in [0.15, 0.2) is 10.3 Å². The maximum Gasteiger partial charge on any atom is 0.244 e. The fourth-order valence-corrected chi connectivity index (χ4v) is 5.65. The van der Waals surface area contributed by atoms with E-state index < -0.39 is 10.0 Å². The monoisotopic (exact) mass is 318 g/mol. The van der Waals surface area contributed by atoms with Gasteiger partial charge in [-0.15, -0.1) is 11.3 Å². The number of rotatable bonds is 6. The van der Waals surface area contributed by atoms with Crippen molar-refractivity contribution in [1.82, 2.24) is 9.62 Å². The standard InChI is InChI=1S/C13H22N2O3S2/c1-4-14-7-12-13(10(2)9-19-12)20(16,17)15-6-5-11(8-15)18-3/h9,11,14H,4-8H2,1-3H3. The van der Waals surface area contributed by atoms with Crippen LogP contribution in [0.2, 0.25) is 0 Å². The molecule has 0 bridgehead atoms. The first-order valence-corrected chi connectivity index (χ1v) is 9.13. The maximum absolute atomic E-state index is 12.8. The van der Waals surface area contributed by atoms with Crippen molar-refractivity contribution in [2.45, 2.75) is 37.8 Å². The van der Waals surface area contributed by atoms with Gasteiger partial charge in [0, 0.05) is 31.6 Å². The van der Waals surface area contributed by atoms with Crippen molar-refractivity contribution in [3.8, 4) is 0 Å². The summed E-state index contributed by atoms with van der Waals surface area (Å²) in [6.07, 6.45) is 0.780. The third kappa shape index (κ3) is 3.07. The number of aryl methyl sites for hydroxylation is 1. The van der Waals surface area contributed by atoms with Crippen molar-refractivity contribution in [3.05, 3.63) is 15.8 Å². The summed E-state index contributed by atoms with van der Waals surface area (Å²) in [5.41, 5.74) is 0.837. The van der Waals surface area contributed by atoms with Gasteiger partial charge in [-0.25, -0.2) is 8.42 Å². The molecule has 0 spiro atoms. The quantitative estimate of drug-likeness (QED) is 0.865. The molecule has 1 aromatic heterocycles. The van der Waals surface area contributed by atoms with E-state index in [2.05, 4.69) is 5.32 Å². The maximum atomic E-state index is 12.8. The second-order valence-electron chi connectivity index (χ2n) is 4.96. The molecule has 0 amide bonds. The zero-order valence-electron chi connectivity index (χ0n) is 12.2. The zero-order valence-corrected chi connectivity index (χ0v) is 13.8. The van der Waals surface area contributed by atoms with Crippen LogP contribution in [-0.2, 0) is 21.3 Å². The van der Waals surface area contributed by atoms with Crippen LogP contribution in [-0.4, -0.2) is 45.6 Å². The zero-order chi connectivity index (χ0) is 14.8. The number of hydrogen-bond acceptors (Lipinski definition) is 5. The van der Waals surface area contributed by atoms with Crippen LogP contribution < -0.4 is 5.32 Å². The van der Waals surface area contributed by atoms with Gasteiger partial charge in [-0.3, -0.25) is 0 Å². The SMILES string of the molecule is CCNCc1scc(C)c1S(=O)(=O)N1CCC(OC)C1. The van der Waals surface area contributed by atoms with Crippen LogP contribution in [0, 0.1) is 6.92 Å². The summed E-state index contributed by atoms with van der Waals surface area (Å²) in [6, 6.07) is 0. The Kier molecular flexibility index (Phi) is 5.19. The first kappa shape index (κ1) is 15.9. The lowest BCUT2D eigenvalue weighted by molar-refractivity contribution is 0.115. The Morgan fingerprint density at radius 2 is 2.30 bits per heavy atom. The molecule has 1 aliphatic rings. The lowest BCUT2D eigenvalue weighted by Gasteiger charge is -2.17. The molecule has 5 nitrogen and oxygen atoms in total. The molecule has 7 heteroatoms. The molecule has 2 rings (SSSR count). The molecule has 1 fully saturated rings. The van der Waals surface area contributed by atoms with E-state index in [1.54, 1.807) is 11.4 Å². The molecule has 1 saturated heterocycles. The minimum absolute atomic E-state index is 0.0148. The molecule has 1 unspecified atom stereocenters. The molecule has 0 aromatic carbocycles. The van der Waals surface area contributed by atoms with Gasteiger partial charge in [0.1, 0.15) is 4.90 Å². The largest absolute Gasteiger partial charge is 0.380 e.